The van der Waals surface area contributed by atoms with Crippen molar-refractivity contribution in [1.82, 2.24) is 25.6 Å². The molecule has 0 radical (unpaired) electrons. The lowest BCUT2D eigenvalue weighted by atomic mass is 10.00. The highest BCUT2D eigenvalue weighted by Gasteiger charge is 2.25. The third-order valence-corrected chi connectivity index (χ3v) is 4.70. The average molecular weight is 373 g/mol. The van der Waals surface area contributed by atoms with Crippen LogP contribution in [0.25, 0.3) is 5.69 Å². The summed E-state index contributed by atoms with van der Waals surface area (Å²) < 4.78 is 10.5. The van der Waals surface area contributed by atoms with Crippen LogP contribution in [-0.2, 0) is 4.74 Å². The zero-order chi connectivity index (χ0) is 19.2. The quantitative estimate of drug-likeness (QED) is 0.715. The van der Waals surface area contributed by atoms with E-state index in [1.807, 2.05) is 24.3 Å². The summed E-state index contributed by atoms with van der Waals surface area (Å²) in [6.45, 7) is 5.91. The number of piperidine rings is 1. The van der Waals surface area contributed by atoms with Gasteiger partial charge in [-0.1, -0.05) is 0 Å². The van der Waals surface area contributed by atoms with Crippen LogP contribution in [0.1, 0.15) is 35.9 Å². The van der Waals surface area contributed by atoms with Crippen LogP contribution in [0.5, 0.6) is 5.75 Å². The first-order valence-corrected chi connectivity index (χ1v) is 9.29. The molecule has 2 unspecified atom stereocenters. The number of aryl methyl sites for hydroxylation is 1. The average Bonchev–Trinajstić information content (AvgIpc) is 3.06. The molecular weight excluding hydrogens is 346 g/mol. The molecule has 2 atom stereocenters. The fourth-order valence-electron chi connectivity index (χ4n) is 3.10. The fourth-order valence-corrected chi connectivity index (χ4v) is 3.10. The molecular formula is C19H27N5O3. The summed E-state index contributed by atoms with van der Waals surface area (Å²) in [6.07, 6.45) is 2.03. The summed E-state index contributed by atoms with van der Waals surface area (Å²) in [5.74, 6) is 0.565. The zero-order valence-corrected chi connectivity index (χ0v) is 16.1. The molecule has 0 saturated carbocycles. The summed E-state index contributed by atoms with van der Waals surface area (Å²) in [6, 6.07) is 7.77. The minimum Gasteiger partial charge on any atom is -0.491 e. The van der Waals surface area contributed by atoms with Gasteiger partial charge in [-0.3, -0.25) is 4.79 Å². The fraction of sp³-hybridized carbons (Fsp3) is 0.526. The molecule has 1 amide bonds. The predicted octanol–water partition coefficient (Wildman–Crippen LogP) is 1.47. The number of methoxy groups -OCH3 is 1. The van der Waals surface area contributed by atoms with Crippen LogP contribution < -0.4 is 15.4 Å². The van der Waals surface area contributed by atoms with E-state index in [4.69, 9.17) is 9.47 Å². The van der Waals surface area contributed by atoms with Gasteiger partial charge in [0.1, 0.15) is 12.4 Å². The van der Waals surface area contributed by atoms with Crippen molar-refractivity contribution in [3.8, 4) is 11.4 Å². The highest BCUT2D eigenvalue weighted by Crippen LogP contribution is 2.16. The number of hydrogen-bond acceptors (Lipinski definition) is 6. The van der Waals surface area contributed by atoms with Gasteiger partial charge in [0.2, 0.25) is 0 Å². The van der Waals surface area contributed by atoms with Gasteiger partial charge in [0.15, 0.2) is 5.69 Å². The highest BCUT2D eigenvalue weighted by atomic mass is 16.5. The maximum atomic E-state index is 12.6. The van der Waals surface area contributed by atoms with Crippen molar-refractivity contribution in [2.45, 2.75) is 38.8 Å². The zero-order valence-electron chi connectivity index (χ0n) is 16.1. The van der Waals surface area contributed by atoms with Gasteiger partial charge in [0.05, 0.1) is 18.0 Å². The molecule has 1 saturated heterocycles. The number of aromatic nitrogens is 3. The molecule has 1 aliphatic rings. The molecule has 0 aliphatic carbocycles. The van der Waals surface area contributed by atoms with Crippen molar-refractivity contribution >= 4 is 5.91 Å². The van der Waals surface area contributed by atoms with Crippen LogP contribution in [-0.4, -0.2) is 59.9 Å². The van der Waals surface area contributed by atoms with Gasteiger partial charge in [0.25, 0.3) is 5.91 Å². The Balaban J connectivity index is 1.67. The van der Waals surface area contributed by atoms with Crippen LogP contribution in [0.4, 0.5) is 0 Å². The van der Waals surface area contributed by atoms with Gasteiger partial charge < -0.3 is 20.1 Å². The van der Waals surface area contributed by atoms with Gasteiger partial charge in [-0.15, -0.1) is 5.10 Å². The van der Waals surface area contributed by atoms with Gasteiger partial charge in [-0.05, 0) is 57.5 Å². The maximum absolute atomic E-state index is 12.6. The SMILES string of the molecule is COCCOc1ccc(-n2nc(C)c(C(=O)NC3CCCNC3C)n2)cc1. The standard InChI is InChI=1S/C19H27N5O3/c1-13-17(5-4-10-20-13)21-19(25)18-14(2)22-24(23-18)15-6-8-16(9-7-15)27-12-11-26-3/h6-9,13,17,20H,4-5,10-12H2,1-3H3,(H,21,25). The molecule has 1 fully saturated rings. The number of nitrogens with one attached hydrogen (secondary N) is 2. The summed E-state index contributed by atoms with van der Waals surface area (Å²) in [4.78, 5) is 14.1. The molecule has 0 spiro atoms. The van der Waals surface area contributed by atoms with Crippen molar-refractivity contribution < 1.29 is 14.3 Å². The van der Waals surface area contributed by atoms with E-state index in [0.717, 1.165) is 30.8 Å². The van der Waals surface area contributed by atoms with Crippen LogP contribution in [0.3, 0.4) is 0 Å². The molecule has 8 nitrogen and oxygen atoms in total. The highest BCUT2D eigenvalue weighted by molar-refractivity contribution is 5.93. The molecule has 2 heterocycles. The number of carbonyl (C=O) groups is 1. The Morgan fingerprint density at radius 2 is 2.07 bits per heavy atom. The molecule has 0 bridgehead atoms. The third kappa shape index (κ3) is 4.84. The van der Waals surface area contributed by atoms with Gasteiger partial charge in [-0.25, -0.2) is 0 Å². The number of rotatable bonds is 7. The lowest BCUT2D eigenvalue weighted by molar-refractivity contribution is 0.0913. The topological polar surface area (TPSA) is 90.3 Å². The maximum Gasteiger partial charge on any atom is 0.274 e. The monoisotopic (exact) mass is 373 g/mol. The first-order valence-electron chi connectivity index (χ1n) is 9.29. The third-order valence-electron chi connectivity index (χ3n) is 4.70. The van der Waals surface area contributed by atoms with E-state index in [9.17, 15) is 4.79 Å². The van der Waals surface area contributed by atoms with Crippen LogP contribution in [0.15, 0.2) is 24.3 Å². The van der Waals surface area contributed by atoms with Gasteiger partial charge in [0, 0.05) is 19.2 Å². The Hall–Kier alpha value is -2.45. The Labute approximate surface area is 159 Å². The van der Waals surface area contributed by atoms with Crippen molar-refractivity contribution in [1.29, 1.82) is 0 Å². The number of nitrogens with zero attached hydrogens (tertiary/aromatic N) is 3. The van der Waals surface area contributed by atoms with Gasteiger partial charge in [-0.2, -0.15) is 9.90 Å². The smallest absolute Gasteiger partial charge is 0.274 e. The van der Waals surface area contributed by atoms with Crippen molar-refractivity contribution in [2.75, 3.05) is 26.9 Å². The second-order valence-corrected chi connectivity index (χ2v) is 6.72. The van der Waals surface area contributed by atoms with E-state index in [0.29, 0.717) is 24.6 Å². The van der Waals surface area contributed by atoms with Crippen molar-refractivity contribution in [3.63, 3.8) is 0 Å². The molecule has 3 rings (SSSR count). The van der Waals surface area contributed by atoms with Crippen molar-refractivity contribution in [3.05, 3.63) is 35.7 Å². The molecule has 1 aromatic carbocycles. The second kappa shape index (κ2) is 8.96. The minimum absolute atomic E-state index is 0.110. The molecule has 146 valence electrons. The number of amides is 1. The lowest BCUT2D eigenvalue weighted by Gasteiger charge is -2.30. The van der Waals surface area contributed by atoms with E-state index < -0.39 is 0 Å². The first kappa shape index (κ1) is 19.3. The van der Waals surface area contributed by atoms with E-state index >= 15 is 0 Å². The Bertz CT molecular complexity index is 759. The molecule has 8 heteroatoms. The largest absolute Gasteiger partial charge is 0.491 e. The summed E-state index contributed by atoms with van der Waals surface area (Å²) in [5.41, 5.74) is 1.72. The summed E-state index contributed by atoms with van der Waals surface area (Å²) >= 11 is 0. The second-order valence-electron chi connectivity index (χ2n) is 6.72. The van der Waals surface area contributed by atoms with E-state index in [-0.39, 0.29) is 18.0 Å². The Morgan fingerprint density at radius 3 is 2.78 bits per heavy atom. The van der Waals surface area contributed by atoms with Gasteiger partial charge >= 0.3 is 0 Å². The Kier molecular flexibility index (Phi) is 6.41. The summed E-state index contributed by atoms with van der Waals surface area (Å²) in [5, 5.41) is 15.2. The van der Waals surface area contributed by atoms with E-state index in [2.05, 4.69) is 27.8 Å². The summed E-state index contributed by atoms with van der Waals surface area (Å²) in [7, 11) is 1.64. The minimum atomic E-state index is -0.182. The number of benzene rings is 1. The number of ether oxygens (including phenoxy) is 2. The molecule has 27 heavy (non-hydrogen) atoms. The molecule has 1 aromatic heterocycles. The number of carbonyl (C=O) groups excluding carboxylic acids is 1. The normalized spacial score (nSPS) is 19.7. The lowest BCUT2D eigenvalue weighted by Crippen LogP contribution is -2.52. The van der Waals surface area contributed by atoms with Crippen molar-refractivity contribution in [2.24, 2.45) is 0 Å². The van der Waals surface area contributed by atoms with E-state index in [1.54, 1.807) is 14.0 Å². The Morgan fingerprint density at radius 1 is 1.30 bits per heavy atom. The molecule has 2 aromatic rings. The first-order chi connectivity index (χ1) is 13.1. The molecule has 2 N–H and O–H groups in total. The van der Waals surface area contributed by atoms with Crippen LogP contribution in [0.2, 0.25) is 0 Å². The van der Waals surface area contributed by atoms with Crippen LogP contribution >= 0.6 is 0 Å². The predicted molar refractivity (Wildman–Crippen MR) is 101 cm³/mol. The van der Waals surface area contributed by atoms with E-state index in [1.165, 1.54) is 4.80 Å². The number of hydrogen-bond donors (Lipinski definition) is 2. The van der Waals surface area contributed by atoms with Crippen LogP contribution in [0, 0.1) is 6.92 Å². The molecule has 1 aliphatic heterocycles.